The van der Waals surface area contributed by atoms with E-state index in [1.807, 2.05) is 23.3 Å². The summed E-state index contributed by atoms with van der Waals surface area (Å²) in [6.45, 7) is 4.16. The minimum absolute atomic E-state index is 0.0959. The quantitative estimate of drug-likeness (QED) is 0.450. The molecule has 0 radical (unpaired) electrons. The Morgan fingerprint density at radius 1 is 1.06 bits per heavy atom. The molecule has 3 aromatic rings. The summed E-state index contributed by atoms with van der Waals surface area (Å²) in [5, 5.41) is 8.67. The van der Waals surface area contributed by atoms with E-state index in [0.717, 1.165) is 74.6 Å². The van der Waals surface area contributed by atoms with Crippen LogP contribution in [0.2, 0.25) is 0 Å². The average molecular weight is 529 g/mol. The molecule has 192 valence electrons. The number of aromatic nitrogens is 4. The first-order valence-corrected chi connectivity index (χ1v) is 15.5. The molecular weight excluding hydrogens is 496 g/mol. The monoisotopic (exact) mass is 528 g/mol. The number of rotatable bonds is 6. The summed E-state index contributed by atoms with van der Waals surface area (Å²) in [6, 6.07) is 7.42. The van der Waals surface area contributed by atoms with Crippen molar-refractivity contribution in [2.24, 2.45) is 5.92 Å². The molecule has 0 aliphatic carbocycles. The topological polar surface area (TPSA) is 101 Å². The average Bonchev–Trinajstić information content (AvgIpc) is 3.27. The van der Waals surface area contributed by atoms with E-state index in [-0.39, 0.29) is 22.8 Å². The molecule has 36 heavy (non-hydrogen) atoms. The van der Waals surface area contributed by atoms with Gasteiger partial charge in [0.1, 0.15) is 0 Å². The van der Waals surface area contributed by atoms with E-state index in [4.69, 9.17) is 4.98 Å². The van der Waals surface area contributed by atoms with E-state index in [1.165, 1.54) is 6.26 Å². The molecule has 2 aliphatic rings. The summed E-state index contributed by atoms with van der Waals surface area (Å²) in [7, 11) is -3.29. The van der Waals surface area contributed by atoms with Gasteiger partial charge in [-0.1, -0.05) is 11.8 Å². The molecule has 0 bridgehead atoms. The van der Waals surface area contributed by atoms with Crippen molar-refractivity contribution in [3.8, 4) is 0 Å². The van der Waals surface area contributed by atoms with Crippen molar-refractivity contribution in [1.29, 1.82) is 0 Å². The van der Waals surface area contributed by atoms with Crippen LogP contribution in [0.1, 0.15) is 37.3 Å². The Morgan fingerprint density at radius 2 is 1.81 bits per heavy atom. The Morgan fingerprint density at radius 3 is 2.44 bits per heavy atom. The highest BCUT2D eigenvalue weighted by Gasteiger charge is 2.32. The molecule has 2 fully saturated rings. The number of imidazole rings is 1. The van der Waals surface area contributed by atoms with Crippen molar-refractivity contribution >= 4 is 38.5 Å². The van der Waals surface area contributed by atoms with Crippen LogP contribution in [0.3, 0.4) is 0 Å². The van der Waals surface area contributed by atoms with E-state index in [1.54, 1.807) is 36.3 Å². The largest absolute Gasteiger partial charge is 0.342 e. The molecule has 0 unspecified atom stereocenters. The number of thioether (sulfide) groups is 1. The predicted octanol–water partition coefficient (Wildman–Crippen LogP) is 3.03. The molecule has 0 atom stereocenters. The van der Waals surface area contributed by atoms with Crippen LogP contribution in [-0.4, -0.2) is 82.6 Å². The van der Waals surface area contributed by atoms with Crippen molar-refractivity contribution in [2.45, 2.75) is 48.3 Å². The van der Waals surface area contributed by atoms with Gasteiger partial charge in [-0.3, -0.25) is 9.69 Å². The zero-order valence-corrected chi connectivity index (χ0v) is 22.3. The van der Waals surface area contributed by atoms with Gasteiger partial charge in [0.05, 0.1) is 22.1 Å². The summed E-state index contributed by atoms with van der Waals surface area (Å²) in [5.41, 5.74) is 2.81. The molecule has 0 spiro atoms. The highest BCUT2D eigenvalue weighted by Crippen LogP contribution is 2.34. The molecule has 11 heteroatoms. The standard InChI is InChI=1S/C25H32N6O3S2/c1-35-25-28-22-15-21(36(2,33)34)3-4-23(22)31(25)20-8-13-30(14-9-20)24(32)19-6-11-29(12-7-19)17-18-5-10-26-27-16-18/h3-5,10,15-16,19-20H,6-9,11-14,17H2,1-2H3. The Hall–Kier alpha value is -2.50. The molecule has 0 saturated carbocycles. The first kappa shape index (κ1) is 25.2. The van der Waals surface area contributed by atoms with Crippen molar-refractivity contribution in [3.05, 3.63) is 42.2 Å². The molecule has 2 aromatic heterocycles. The van der Waals surface area contributed by atoms with Crippen LogP contribution >= 0.6 is 11.8 Å². The van der Waals surface area contributed by atoms with Crippen LogP contribution in [-0.2, 0) is 21.2 Å². The lowest BCUT2D eigenvalue weighted by molar-refractivity contribution is -0.138. The number of hydrogen-bond acceptors (Lipinski definition) is 8. The molecular formula is C25H32N6O3S2. The predicted molar refractivity (Wildman–Crippen MR) is 140 cm³/mol. The van der Waals surface area contributed by atoms with Crippen LogP contribution < -0.4 is 0 Å². The first-order valence-electron chi connectivity index (χ1n) is 12.4. The second-order valence-electron chi connectivity index (χ2n) is 9.75. The van der Waals surface area contributed by atoms with E-state index in [2.05, 4.69) is 19.7 Å². The highest BCUT2D eigenvalue weighted by molar-refractivity contribution is 7.98. The fourth-order valence-corrected chi connectivity index (χ4v) is 6.67. The van der Waals surface area contributed by atoms with Crippen LogP contribution in [0.25, 0.3) is 11.0 Å². The molecule has 1 aromatic carbocycles. The number of amides is 1. The minimum atomic E-state index is -3.29. The molecule has 1 amide bonds. The van der Waals surface area contributed by atoms with Gasteiger partial charge in [-0.15, -0.1) is 0 Å². The maximum Gasteiger partial charge on any atom is 0.225 e. The van der Waals surface area contributed by atoms with Crippen LogP contribution in [0, 0.1) is 5.92 Å². The van der Waals surface area contributed by atoms with Crippen LogP contribution in [0.4, 0.5) is 0 Å². The Balaban J connectivity index is 1.20. The third kappa shape index (κ3) is 5.28. The first-order chi connectivity index (χ1) is 17.3. The van der Waals surface area contributed by atoms with Gasteiger partial charge in [0.25, 0.3) is 0 Å². The Kier molecular flexibility index (Phi) is 7.32. The third-order valence-corrected chi connectivity index (χ3v) is 9.13. The lowest BCUT2D eigenvalue weighted by Gasteiger charge is -2.38. The van der Waals surface area contributed by atoms with E-state index in [0.29, 0.717) is 5.52 Å². The molecule has 9 nitrogen and oxygen atoms in total. The van der Waals surface area contributed by atoms with Crippen LogP contribution in [0.15, 0.2) is 46.7 Å². The van der Waals surface area contributed by atoms with Crippen molar-refractivity contribution < 1.29 is 13.2 Å². The number of hydrogen-bond donors (Lipinski definition) is 0. The fourth-order valence-electron chi connectivity index (χ4n) is 5.39. The van der Waals surface area contributed by atoms with Gasteiger partial charge in [-0.05, 0) is 74.9 Å². The number of piperidine rings is 2. The van der Waals surface area contributed by atoms with E-state index in [9.17, 15) is 13.2 Å². The summed E-state index contributed by atoms with van der Waals surface area (Å²) < 4.78 is 26.2. The SMILES string of the molecule is CSc1nc2cc(S(C)(=O)=O)ccc2n1C1CCN(C(=O)C2CCN(Cc3ccnnc3)CC2)CC1. The second-order valence-corrected chi connectivity index (χ2v) is 12.5. The third-order valence-electron chi connectivity index (χ3n) is 7.37. The molecule has 2 aliphatic heterocycles. The number of nitrogens with zero attached hydrogens (tertiary/aromatic N) is 6. The van der Waals surface area contributed by atoms with E-state index >= 15 is 0 Å². The molecule has 0 N–H and O–H groups in total. The summed E-state index contributed by atoms with van der Waals surface area (Å²) in [4.78, 5) is 22.7. The van der Waals surface area contributed by atoms with E-state index < -0.39 is 9.84 Å². The Labute approximate surface area is 216 Å². The number of benzene rings is 1. The van der Waals surface area contributed by atoms with Gasteiger partial charge in [0.2, 0.25) is 5.91 Å². The minimum Gasteiger partial charge on any atom is -0.342 e. The number of carbonyl (C=O) groups is 1. The maximum absolute atomic E-state index is 13.3. The summed E-state index contributed by atoms with van der Waals surface area (Å²) >= 11 is 1.57. The number of carbonyl (C=O) groups excluding carboxylic acids is 1. The number of sulfone groups is 1. The van der Waals surface area contributed by atoms with Crippen LogP contribution in [0.5, 0.6) is 0 Å². The maximum atomic E-state index is 13.3. The lowest BCUT2D eigenvalue weighted by atomic mass is 9.93. The smallest absolute Gasteiger partial charge is 0.225 e. The second kappa shape index (κ2) is 10.5. The van der Waals surface area contributed by atoms with Gasteiger partial charge < -0.3 is 9.47 Å². The fraction of sp³-hybridized carbons (Fsp3) is 0.520. The van der Waals surface area contributed by atoms with Crippen molar-refractivity contribution in [1.82, 2.24) is 29.5 Å². The summed E-state index contributed by atoms with van der Waals surface area (Å²) in [5.74, 6) is 0.385. The van der Waals surface area contributed by atoms with Gasteiger partial charge >= 0.3 is 0 Å². The molecule has 4 heterocycles. The van der Waals surface area contributed by atoms with Gasteiger partial charge in [0, 0.05) is 44.0 Å². The molecule has 2 saturated heterocycles. The van der Waals surface area contributed by atoms with Gasteiger partial charge in [-0.2, -0.15) is 10.2 Å². The van der Waals surface area contributed by atoms with Gasteiger partial charge in [-0.25, -0.2) is 13.4 Å². The summed E-state index contributed by atoms with van der Waals surface area (Å²) in [6.07, 6.45) is 10.3. The normalized spacial score (nSPS) is 18.7. The molecule has 5 rings (SSSR count). The number of likely N-dealkylation sites (tertiary alicyclic amines) is 2. The van der Waals surface area contributed by atoms with Crippen molar-refractivity contribution in [2.75, 3.05) is 38.7 Å². The zero-order chi connectivity index (χ0) is 25.3. The number of fused-ring (bicyclic) bond motifs is 1. The highest BCUT2D eigenvalue weighted by atomic mass is 32.2. The zero-order valence-electron chi connectivity index (χ0n) is 20.7. The van der Waals surface area contributed by atoms with Crippen molar-refractivity contribution in [3.63, 3.8) is 0 Å². The Bertz CT molecular complexity index is 1330. The van der Waals surface area contributed by atoms with Gasteiger partial charge in [0.15, 0.2) is 15.0 Å². The lowest BCUT2D eigenvalue weighted by Crippen LogP contribution is -2.45.